The Bertz CT molecular complexity index is 848. The molecule has 0 aromatic heterocycles. The zero-order valence-corrected chi connectivity index (χ0v) is 14.5. The van der Waals surface area contributed by atoms with Gasteiger partial charge in [-0.2, -0.15) is 0 Å². The van der Waals surface area contributed by atoms with Gasteiger partial charge in [0.1, 0.15) is 13.1 Å². The summed E-state index contributed by atoms with van der Waals surface area (Å²) in [5, 5.41) is 20.8. The Morgan fingerprint density at radius 2 is 1.64 bits per heavy atom. The highest BCUT2D eigenvalue weighted by molar-refractivity contribution is 5.62. The number of hydrogen-bond acceptors (Lipinski definition) is 5. The largest absolute Gasteiger partial charge is 0.504 e. The Kier molecular flexibility index (Phi) is 3.65. The predicted molar refractivity (Wildman–Crippen MR) is 91.0 cm³/mol. The molecule has 0 fully saturated rings. The molecule has 2 aliphatic rings. The SMILES string of the molecule is COc1cc2c(cc1O)C[NH+]1Cc3c(cc(OC)c(OC)c3O)[C@H]2C1. The highest BCUT2D eigenvalue weighted by Gasteiger charge is 2.39. The van der Waals surface area contributed by atoms with Gasteiger partial charge in [0.2, 0.25) is 5.75 Å². The van der Waals surface area contributed by atoms with Gasteiger partial charge < -0.3 is 29.3 Å². The lowest BCUT2D eigenvalue weighted by Crippen LogP contribution is -3.11. The summed E-state index contributed by atoms with van der Waals surface area (Å²) in [6.45, 7) is 2.45. The number of quaternary nitrogens is 1. The second-order valence-electron chi connectivity index (χ2n) is 6.61. The van der Waals surface area contributed by atoms with E-state index in [1.807, 2.05) is 12.1 Å². The molecular weight excluding hydrogens is 322 g/mol. The van der Waals surface area contributed by atoms with E-state index in [-0.39, 0.29) is 17.4 Å². The van der Waals surface area contributed by atoms with Crippen molar-refractivity contribution in [2.75, 3.05) is 27.9 Å². The summed E-state index contributed by atoms with van der Waals surface area (Å²) in [6.07, 6.45) is 0. The normalized spacial score (nSPS) is 20.4. The van der Waals surface area contributed by atoms with Crippen LogP contribution in [0.5, 0.6) is 28.7 Å². The molecule has 0 saturated heterocycles. The number of phenolic OH excluding ortho intramolecular Hbond substituents is 2. The van der Waals surface area contributed by atoms with Gasteiger partial charge in [-0.15, -0.1) is 0 Å². The highest BCUT2D eigenvalue weighted by Crippen LogP contribution is 2.47. The van der Waals surface area contributed by atoms with E-state index in [9.17, 15) is 10.2 Å². The number of nitrogens with one attached hydrogen (secondary N) is 1. The summed E-state index contributed by atoms with van der Waals surface area (Å²) < 4.78 is 16.0. The number of phenols is 2. The van der Waals surface area contributed by atoms with Gasteiger partial charge in [0.05, 0.1) is 39.4 Å². The lowest BCUT2D eigenvalue weighted by Gasteiger charge is -2.38. The first-order valence-corrected chi connectivity index (χ1v) is 8.27. The lowest BCUT2D eigenvalue weighted by molar-refractivity contribution is -0.933. The fourth-order valence-electron chi connectivity index (χ4n) is 4.20. The number of fused-ring (bicyclic) bond motifs is 6. The van der Waals surface area contributed by atoms with Crippen LogP contribution in [0.4, 0.5) is 0 Å². The molecule has 4 rings (SSSR count). The maximum atomic E-state index is 10.7. The monoisotopic (exact) mass is 344 g/mol. The van der Waals surface area contributed by atoms with Crippen molar-refractivity contribution >= 4 is 0 Å². The van der Waals surface area contributed by atoms with E-state index in [4.69, 9.17) is 14.2 Å². The van der Waals surface area contributed by atoms with Gasteiger partial charge in [0, 0.05) is 5.56 Å². The quantitative estimate of drug-likeness (QED) is 0.780. The van der Waals surface area contributed by atoms with Crippen LogP contribution in [0.15, 0.2) is 18.2 Å². The molecule has 2 aliphatic heterocycles. The van der Waals surface area contributed by atoms with E-state index in [2.05, 4.69) is 0 Å². The molecule has 6 heteroatoms. The van der Waals surface area contributed by atoms with Gasteiger partial charge in [-0.05, 0) is 29.3 Å². The first-order valence-electron chi connectivity index (χ1n) is 8.27. The molecule has 6 nitrogen and oxygen atoms in total. The number of aromatic hydroxyl groups is 2. The van der Waals surface area contributed by atoms with Crippen molar-refractivity contribution in [1.82, 2.24) is 0 Å². The zero-order chi connectivity index (χ0) is 17.7. The molecule has 0 saturated carbocycles. The van der Waals surface area contributed by atoms with E-state index in [0.717, 1.165) is 35.3 Å². The van der Waals surface area contributed by atoms with Gasteiger partial charge in [0.15, 0.2) is 23.0 Å². The fourth-order valence-corrected chi connectivity index (χ4v) is 4.20. The van der Waals surface area contributed by atoms with Crippen molar-refractivity contribution in [3.63, 3.8) is 0 Å². The molecule has 0 spiro atoms. The van der Waals surface area contributed by atoms with Crippen LogP contribution >= 0.6 is 0 Å². The smallest absolute Gasteiger partial charge is 0.203 e. The summed E-state index contributed by atoms with van der Waals surface area (Å²) >= 11 is 0. The number of rotatable bonds is 3. The zero-order valence-electron chi connectivity index (χ0n) is 14.5. The lowest BCUT2D eigenvalue weighted by atomic mass is 9.79. The first kappa shape index (κ1) is 15.9. The Hall–Kier alpha value is -2.60. The Balaban J connectivity index is 1.92. The van der Waals surface area contributed by atoms with Crippen LogP contribution in [0.3, 0.4) is 0 Å². The van der Waals surface area contributed by atoms with E-state index in [1.54, 1.807) is 20.3 Å². The molecule has 2 bridgehead atoms. The molecule has 0 radical (unpaired) electrons. The van der Waals surface area contributed by atoms with Gasteiger partial charge in [-0.25, -0.2) is 0 Å². The molecule has 25 heavy (non-hydrogen) atoms. The average Bonchev–Trinajstić information content (AvgIpc) is 2.61. The molecule has 2 heterocycles. The van der Waals surface area contributed by atoms with Crippen molar-refractivity contribution in [3.05, 3.63) is 40.5 Å². The Morgan fingerprint density at radius 1 is 0.920 bits per heavy atom. The summed E-state index contributed by atoms with van der Waals surface area (Å²) in [7, 11) is 4.65. The molecule has 132 valence electrons. The standard InChI is InChI=1S/C19H21NO5/c1-23-16-5-11-10(4-15(16)21)7-20-8-13(11)12-6-17(24-2)19(25-3)18(22)14(12)9-20/h4-6,13,21-22H,7-9H2,1-3H3/p+1/t13-/m0/s1. The van der Waals surface area contributed by atoms with Crippen molar-refractivity contribution in [3.8, 4) is 28.7 Å². The topological polar surface area (TPSA) is 72.6 Å². The van der Waals surface area contributed by atoms with Crippen molar-refractivity contribution in [1.29, 1.82) is 0 Å². The van der Waals surface area contributed by atoms with Crippen LogP contribution in [-0.4, -0.2) is 38.1 Å². The van der Waals surface area contributed by atoms with Crippen molar-refractivity contribution in [2.24, 2.45) is 0 Å². The predicted octanol–water partition coefficient (Wildman–Crippen LogP) is 1.17. The van der Waals surface area contributed by atoms with Gasteiger partial charge in [-0.3, -0.25) is 0 Å². The average molecular weight is 344 g/mol. The van der Waals surface area contributed by atoms with E-state index >= 15 is 0 Å². The summed E-state index contributed by atoms with van der Waals surface area (Å²) in [6, 6.07) is 5.67. The van der Waals surface area contributed by atoms with E-state index in [1.165, 1.54) is 12.0 Å². The minimum absolute atomic E-state index is 0.114. The van der Waals surface area contributed by atoms with E-state index in [0.29, 0.717) is 23.8 Å². The van der Waals surface area contributed by atoms with Crippen LogP contribution in [0.2, 0.25) is 0 Å². The molecule has 1 unspecified atom stereocenters. The number of methoxy groups -OCH3 is 3. The summed E-state index contributed by atoms with van der Waals surface area (Å²) in [4.78, 5) is 1.34. The van der Waals surface area contributed by atoms with Crippen LogP contribution in [0, 0.1) is 0 Å². The van der Waals surface area contributed by atoms with Crippen LogP contribution < -0.4 is 19.1 Å². The van der Waals surface area contributed by atoms with Gasteiger partial charge >= 0.3 is 0 Å². The second-order valence-corrected chi connectivity index (χ2v) is 6.61. The summed E-state index contributed by atoms with van der Waals surface area (Å²) in [5.41, 5.74) is 4.20. The van der Waals surface area contributed by atoms with Crippen LogP contribution in [0.25, 0.3) is 0 Å². The minimum atomic E-state index is 0.114. The Morgan fingerprint density at radius 3 is 2.32 bits per heavy atom. The van der Waals surface area contributed by atoms with E-state index < -0.39 is 0 Å². The van der Waals surface area contributed by atoms with Gasteiger partial charge in [0.25, 0.3) is 0 Å². The molecule has 0 amide bonds. The maximum absolute atomic E-state index is 10.7. The molecule has 2 aromatic carbocycles. The third kappa shape index (κ3) is 2.28. The number of hydrogen-bond donors (Lipinski definition) is 3. The van der Waals surface area contributed by atoms with Gasteiger partial charge in [-0.1, -0.05) is 0 Å². The van der Waals surface area contributed by atoms with Crippen molar-refractivity contribution in [2.45, 2.75) is 19.0 Å². The van der Waals surface area contributed by atoms with Crippen LogP contribution in [-0.2, 0) is 13.1 Å². The molecule has 0 aliphatic carbocycles. The number of benzene rings is 2. The summed E-state index contributed by atoms with van der Waals surface area (Å²) in [5.74, 6) is 1.82. The van der Waals surface area contributed by atoms with Crippen LogP contribution in [0.1, 0.15) is 28.2 Å². The van der Waals surface area contributed by atoms with Crippen molar-refractivity contribution < 1.29 is 29.3 Å². The molecule has 2 atom stereocenters. The highest BCUT2D eigenvalue weighted by atomic mass is 16.5. The fraction of sp³-hybridized carbons (Fsp3) is 0.368. The third-order valence-corrected chi connectivity index (χ3v) is 5.34. The third-order valence-electron chi connectivity index (χ3n) is 5.34. The first-order chi connectivity index (χ1) is 12.1. The maximum Gasteiger partial charge on any atom is 0.203 e. The molecule has 3 N–H and O–H groups in total. The second kappa shape index (κ2) is 5.74. The molecular formula is C19H22NO5+. The number of ether oxygens (including phenoxy) is 3. The molecule has 2 aromatic rings. The minimum Gasteiger partial charge on any atom is -0.504 e. The Labute approximate surface area is 146 Å².